The fourth-order valence-electron chi connectivity index (χ4n) is 4.78. The Bertz CT molecular complexity index is 1650. The zero-order valence-electron chi connectivity index (χ0n) is 22.1. The molecule has 12 heteroatoms. The summed E-state index contributed by atoms with van der Waals surface area (Å²) in [5.74, 6) is -0.991. The van der Waals surface area contributed by atoms with Crippen molar-refractivity contribution < 1.29 is 18.7 Å². The molecule has 1 saturated heterocycles. The molecule has 1 aromatic heterocycles. The number of benzene rings is 2. The van der Waals surface area contributed by atoms with Gasteiger partial charge in [0, 0.05) is 30.5 Å². The van der Waals surface area contributed by atoms with Gasteiger partial charge in [0.15, 0.2) is 6.10 Å². The first-order valence-corrected chi connectivity index (χ1v) is 13.1. The first-order chi connectivity index (χ1) is 19.2. The predicted molar refractivity (Wildman–Crippen MR) is 146 cm³/mol. The van der Waals surface area contributed by atoms with Crippen LogP contribution in [-0.4, -0.2) is 51.8 Å². The van der Waals surface area contributed by atoms with Crippen LogP contribution >= 0.6 is 0 Å². The minimum atomic E-state index is -0.995. The SMILES string of the molecule is CC(C)n1c(=O)n(CC2CC2)c(=O)c2cc(NC(=O)N3CCO[C@@H](C(=O)Nc4ccc(C#N)c(F)c4)C3)ccc21. The number of nitrogens with one attached hydrogen (secondary N) is 2. The zero-order chi connectivity index (χ0) is 28.6. The minimum absolute atomic E-state index is 0.0505. The van der Waals surface area contributed by atoms with Crippen LogP contribution in [0.2, 0.25) is 0 Å². The standard InChI is InChI=1S/C28H29FN6O5/c1-16(2)35-23-8-7-19(11-21(23)26(37)34(28(35)39)14-17-3-4-17)32-27(38)33-9-10-40-24(15-33)25(36)31-20-6-5-18(13-30)22(29)12-20/h5-8,11-12,16-17,24H,3-4,9-10,14-15H2,1-2H3,(H,31,36)(H,32,38)/t24-/m1/s1. The molecule has 2 aliphatic rings. The highest BCUT2D eigenvalue weighted by Crippen LogP contribution is 2.30. The summed E-state index contributed by atoms with van der Waals surface area (Å²) in [6.07, 6.45) is 0.986. The molecule has 1 aliphatic heterocycles. The number of hydrogen-bond donors (Lipinski definition) is 2. The number of hydrogen-bond acceptors (Lipinski definition) is 6. The van der Waals surface area contributed by atoms with Crippen LogP contribution in [0.4, 0.5) is 20.6 Å². The fourth-order valence-corrected chi connectivity index (χ4v) is 4.78. The van der Waals surface area contributed by atoms with Crippen LogP contribution in [-0.2, 0) is 16.1 Å². The fraction of sp³-hybridized carbons (Fsp3) is 0.393. The van der Waals surface area contributed by atoms with Gasteiger partial charge in [0.25, 0.3) is 11.5 Å². The molecule has 0 spiro atoms. The van der Waals surface area contributed by atoms with E-state index in [2.05, 4.69) is 10.6 Å². The number of nitrogens with zero attached hydrogens (tertiary/aromatic N) is 4. The highest BCUT2D eigenvalue weighted by molar-refractivity contribution is 5.96. The highest BCUT2D eigenvalue weighted by atomic mass is 19.1. The molecule has 2 N–H and O–H groups in total. The zero-order valence-corrected chi connectivity index (χ0v) is 22.1. The molecule has 2 heterocycles. The van der Waals surface area contributed by atoms with Crippen LogP contribution in [0, 0.1) is 23.1 Å². The minimum Gasteiger partial charge on any atom is -0.365 e. The van der Waals surface area contributed by atoms with E-state index in [0.717, 1.165) is 18.9 Å². The third kappa shape index (κ3) is 5.46. The van der Waals surface area contributed by atoms with Crippen LogP contribution in [0.3, 0.4) is 0 Å². The molecule has 3 amide bonds. The summed E-state index contributed by atoms with van der Waals surface area (Å²) in [6.45, 7) is 4.43. The van der Waals surface area contributed by atoms with E-state index in [-0.39, 0.29) is 48.2 Å². The molecule has 1 atom stereocenters. The van der Waals surface area contributed by atoms with Crippen molar-refractivity contribution in [1.82, 2.24) is 14.0 Å². The number of ether oxygens (including phenoxy) is 1. The van der Waals surface area contributed by atoms with Crippen molar-refractivity contribution in [1.29, 1.82) is 5.26 Å². The summed E-state index contributed by atoms with van der Waals surface area (Å²) >= 11 is 0. The summed E-state index contributed by atoms with van der Waals surface area (Å²) < 4.78 is 22.3. The lowest BCUT2D eigenvalue weighted by Crippen LogP contribution is -2.51. The van der Waals surface area contributed by atoms with E-state index in [1.54, 1.807) is 28.8 Å². The molecule has 208 valence electrons. The van der Waals surface area contributed by atoms with Gasteiger partial charge in [0.05, 0.1) is 29.6 Å². The van der Waals surface area contributed by atoms with E-state index < -0.39 is 23.9 Å². The first kappa shape index (κ1) is 27.1. The highest BCUT2D eigenvalue weighted by Gasteiger charge is 2.30. The van der Waals surface area contributed by atoms with E-state index in [1.165, 1.54) is 21.6 Å². The van der Waals surface area contributed by atoms with Crippen molar-refractivity contribution in [3.63, 3.8) is 0 Å². The monoisotopic (exact) mass is 548 g/mol. The number of carbonyl (C=O) groups is 2. The van der Waals surface area contributed by atoms with Crippen molar-refractivity contribution in [2.75, 3.05) is 30.3 Å². The van der Waals surface area contributed by atoms with Crippen molar-refractivity contribution in [2.45, 2.75) is 45.4 Å². The van der Waals surface area contributed by atoms with E-state index >= 15 is 0 Å². The molecular weight excluding hydrogens is 519 g/mol. The Labute approximate surface area is 228 Å². The Hall–Kier alpha value is -4.50. The van der Waals surface area contributed by atoms with Gasteiger partial charge in [0.1, 0.15) is 11.9 Å². The molecular formula is C28H29FN6O5. The third-order valence-corrected chi connectivity index (χ3v) is 7.08. The molecule has 0 radical (unpaired) electrons. The largest absolute Gasteiger partial charge is 0.365 e. The second-order valence-electron chi connectivity index (χ2n) is 10.4. The van der Waals surface area contributed by atoms with Crippen molar-refractivity contribution in [2.24, 2.45) is 5.92 Å². The Morgan fingerprint density at radius 2 is 1.85 bits per heavy atom. The van der Waals surface area contributed by atoms with Gasteiger partial charge in [-0.15, -0.1) is 0 Å². The van der Waals surface area contributed by atoms with Crippen molar-refractivity contribution in [3.05, 3.63) is 68.6 Å². The van der Waals surface area contributed by atoms with Crippen LogP contribution in [0.5, 0.6) is 0 Å². The molecule has 2 fully saturated rings. The number of anilines is 2. The van der Waals surface area contributed by atoms with Crippen molar-refractivity contribution in [3.8, 4) is 6.07 Å². The molecule has 2 aromatic carbocycles. The lowest BCUT2D eigenvalue weighted by molar-refractivity contribution is -0.131. The number of carbonyl (C=O) groups excluding carboxylic acids is 2. The molecule has 40 heavy (non-hydrogen) atoms. The average molecular weight is 549 g/mol. The molecule has 11 nitrogen and oxygen atoms in total. The van der Waals surface area contributed by atoms with E-state index in [0.29, 0.717) is 29.1 Å². The lowest BCUT2D eigenvalue weighted by Gasteiger charge is -2.32. The van der Waals surface area contributed by atoms with Gasteiger partial charge in [-0.3, -0.25) is 18.7 Å². The smallest absolute Gasteiger partial charge is 0.331 e. The van der Waals surface area contributed by atoms with E-state index in [9.17, 15) is 23.6 Å². The van der Waals surface area contributed by atoms with Gasteiger partial charge < -0.3 is 20.3 Å². The van der Waals surface area contributed by atoms with Gasteiger partial charge in [-0.2, -0.15) is 5.26 Å². The normalized spacial score (nSPS) is 17.1. The van der Waals surface area contributed by atoms with Gasteiger partial charge in [-0.25, -0.2) is 14.0 Å². The predicted octanol–water partition coefficient (Wildman–Crippen LogP) is 3.04. The summed E-state index contributed by atoms with van der Waals surface area (Å²) in [5.41, 5.74) is 0.173. The molecule has 5 rings (SSSR count). The Kier molecular flexibility index (Phi) is 7.40. The van der Waals surface area contributed by atoms with Gasteiger partial charge in [-0.1, -0.05) is 0 Å². The van der Waals surface area contributed by atoms with Crippen LogP contribution < -0.4 is 21.9 Å². The Morgan fingerprint density at radius 3 is 2.52 bits per heavy atom. The summed E-state index contributed by atoms with van der Waals surface area (Å²) in [7, 11) is 0. The number of aromatic nitrogens is 2. The number of nitriles is 1. The molecule has 0 bridgehead atoms. The number of fused-ring (bicyclic) bond motifs is 1. The number of urea groups is 1. The molecule has 3 aromatic rings. The topological polar surface area (TPSA) is 138 Å². The summed E-state index contributed by atoms with van der Waals surface area (Å²) in [5, 5.41) is 14.5. The molecule has 1 aliphatic carbocycles. The van der Waals surface area contributed by atoms with Gasteiger partial charge in [-0.05, 0) is 69.0 Å². The maximum atomic E-state index is 13.9. The summed E-state index contributed by atoms with van der Waals surface area (Å²) in [4.78, 5) is 53.6. The van der Waals surface area contributed by atoms with Gasteiger partial charge >= 0.3 is 11.7 Å². The number of morpholine rings is 1. The first-order valence-electron chi connectivity index (χ1n) is 13.1. The van der Waals surface area contributed by atoms with Crippen LogP contribution in [0.15, 0.2) is 46.0 Å². The molecule has 1 saturated carbocycles. The van der Waals surface area contributed by atoms with Crippen molar-refractivity contribution >= 4 is 34.2 Å². The second kappa shape index (κ2) is 10.9. The Balaban J connectivity index is 1.32. The lowest BCUT2D eigenvalue weighted by atomic mass is 10.2. The number of rotatable bonds is 6. The van der Waals surface area contributed by atoms with Gasteiger partial charge in [0.2, 0.25) is 0 Å². The maximum Gasteiger partial charge on any atom is 0.331 e. The third-order valence-electron chi connectivity index (χ3n) is 7.08. The quantitative estimate of drug-likeness (QED) is 0.486. The second-order valence-corrected chi connectivity index (χ2v) is 10.4. The maximum absolute atomic E-state index is 13.9. The Morgan fingerprint density at radius 1 is 1.12 bits per heavy atom. The van der Waals surface area contributed by atoms with E-state index in [1.807, 2.05) is 13.8 Å². The average Bonchev–Trinajstić information content (AvgIpc) is 3.76. The summed E-state index contributed by atoms with van der Waals surface area (Å²) in [6, 6.07) is 9.63. The van der Waals surface area contributed by atoms with E-state index in [4.69, 9.17) is 10.00 Å². The molecule has 0 unspecified atom stereocenters. The number of amides is 3. The van der Waals surface area contributed by atoms with Crippen LogP contribution in [0.1, 0.15) is 38.3 Å². The number of halogens is 1. The van der Waals surface area contributed by atoms with Crippen LogP contribution in [0.25, 0.3) is 10.9 Å².